The first-order valence-corrected chi connectivity index (χ1v) is 6.87. The molecule has 1 atom stereocenters. The Morgan fingerprint density at radius 2 is 2.24 bits per heavy atom. The number of carbonyl (C=O) groups excluding carboxylic acids is 1. The molecule has 0 aliphatic carbocycles. The van der Waals surface area contributed by atoms with Crippen molar-refractivity contribution in [2.24, 2.45) is 5.41 Å². The quantitative estimate of drug-likeness (QED) is 0.912. The third kappa shape index (κ3) is 2.05. The van der Waals surface area contributed by atoms with Gasteiger partial charge in [0.25, 0.3) is 5.91 Å². The summed E-state index contributed by atoms with van der Waals surface area (Å²) in [7, 11) is 0. The molecule has 0 saturated carbocycles. The van der Waals surface area contributed by atoms with Crippen LogP contribution in [-0.2, 0) is 4.79 Å². The Hall–Kier alpha value is -2.44. The van der Waals surface area contributed by atoms with Crippen LogP contribution in [0.15, 0.2) is 24.8 Å². The van der Waals surface area contributed by atoms with Crippen LogP contribution < -0.4 is 0 Å². The molecule has 0 aromatic carbocycles. The number of hydrogen-bond acceptors (Lipinski definition) is 4. The minimum absolute atomic E-state index is 0.186. The van der Waals surface area contributed by atoms with Crippen molar-refractivity contribution in [3.8, 4) is 0 Å². The zero-order chi connectivity index (χ0) is 15.0. The number of amides is 1. The van der Waals surface area contributed by atoms with E-state index in [1.54, 1.807) is 28.0 Å². The fraction of sp³-hybridized carbons (Fsp3) is 0.429. The molecular formula is C14H16N4O3. The minimum atomic E-state index is -0.832. The number of carboxylic acids is 1. The predicted molar refractivity (Wildman–Crippen MR) is 73.9 cm³/mol. The fourth-order valence-corrected chi connectivity index (χ4v) is 2.83. The van der Waals surface area contributed by atoms with E-state index in [9.17, 15) is 14.7 Å². The summed E-state index contributed by atoms with van der Waals surface area (Å²) in [6, 6.07) is 0. The zero-order valence-electron chi connectivity index (χ0n) is 11.7. The first kappa shape index (κ1) is 13.5. The first-order chi connectivity index (χ1) is 10.1. The second kappa shape index (κ2) is 4.83. The lowest BCUT2D eigenvalue weighted by atomic mass is 9.84. The summed E-state index contributed by atoms with van der Waals surface area (Å²) in [6.45, 7) is 2.55. The van der Waals surface area contributed by atoms with Gasteiger partial charge in [-0.3, -0.25) is 14.6 Å². The van der Waals surface area contributed by atoms with Crippen LogP contribution in [0.1, 0.15) is 30.1 Å². The van der Waals surface area contributed by atoms with Gasteiger partial charge in [-0.1, -0.05) is 6.92 Å². The molecule has 1 unspecified atom stereocenters. The van der Waals surface area contributed by atoms with Crippen LogP contribution in [-0.4, -0.2) is 49.6 Å². The van der Waals surface area contributed by atoms with Gasteiger partial charge >= 0.3 is 5.97 Å². The first-order valence-electron chi connectivity index (χ1n) is 6.87. The molecule has 0 bridgehead atoms. The minimum Gasteiger partial charge on any atom is -0.481 e. The highest BCUT2D eigenvalue weighted by Gasteiger charge is 2.45. The summed E-state index contributed by atoms with van der Waals surface area (Å²) in [4.78, 5) is 29.7. The number of hydrogen-bond donors (Lipinski definition) is 1. The van der Waals surface area contributed by atoms with Crippen LogP contribution in [0.2, 0.25) is 0 Å². The van der Waals surface area contributed by atoms with Crippen LogP contribution in [0, 0.1) is 5.41 Å². The van der Waals surface area contributed by atoms with Crippen LogP contribution in [0.25, 0.3) is 5.52 Å². The van der Waals surface area contributed by atoms with E-state index in [-0.39, 0.29) is 12.5 Å². The van der Waals surface area contributed by atoms with Crippen molar-refractivity contribution in [3.63, 3.8) is 0 Å². The molecule has 3 heterocycles. The van der Waals surface area contributed by atoms with E-state index >= 15 is 0 Å². The molecule has 7 nitrogen and oxygen atoms in total. The highest BCUT2D eigenvalue weighted by Crippen LogP contribution is 2.35. The number of carbonyl (C=O) groups is 2. The molecule has 1 aliphatic rings. The van der Waals surface area contributed by atoms with E-state index in [1.807, 2.05) is 6.92 Å². The second-order valence-electron chi connectivity index (χ2n) is 5.38. The standard InChI is InChI=1S/C14H16N4O3/c1-2-14(13(20)21)3-5-17(9-14)12(19)10-7-16-18-6-4-15-8-11(10)18/h4,6-8H,2-3,5,9H2,1H3,(H,20,21). The van der Waals surface area contributed by atoms with E-state index in [1.165, 1.54) is 6.20 Å². The number of fused-ring (bicyclic) bond motifs is 1. The highest BCUT2D eigenvalue weighted by molar-refractivity contribution is 6.01. The topological polar surface area (TPSA) is 87.8 Å². The largest absolute Gasteiger partial charge is 0.481 e. The summed E-state index contributed by atoms with van der Waals surface area (Å²) >= 11 is 0. The molecule has 0 radical (unpaired) electrons. The molecule has 0 spiro atoms. The lowest BCUT2D eigenvalue weighted by molar-refractivity contribution is -0.148. The van der Waals surface area contributed by atoms with Crippen molar-refractivity contribution < 1.29 is 14.7 Å². The normalized spacial score (nSPS) is 21.9. The van der Waals surface area contributed by atoms with Crippen molar-refractivity contribution in [1.29, 1.82) is 0 Å². The Morgan fingerprint density at radius 3 is 2.90 bits per heavy atom. The van der Waals surface area contributed by atoms with E-state index in [4.69, 9.17) is 0 Å². The van der Waals surface area contributed by atoms with Crippen molar-refractivity contribution >= 4 is 17.4 Å². The van der Waals surface area contributed by atoms with Gasteiger partial charge in [0.05, 0.1) is 28.9 Å². The van der Waals surface area contributed by atoms with Crippen molar-refractivity contribution in [3.05, 3.63) is 30.4 Å². The lowest BCUT2D eigenvalue weighted by Crippen LogP contribution is -2.36. The molecule has 1 aliphatic heterocycles. The number of aromatic nitrogens is 3. The average Bonchev–Trinajstić information content (AvgIpc) is 3.12. The van der Waals surface area contributed by atoms with Crippen molar-refractivity contribution in [2.75, 3.05) is 13.1 Å². The molecule has 1 saturated heterocycles. The third-order valence-electron chi connectivity index (χ3n) is 4.33. The summed E-state index contributed by atoms with van der Waals surface area (Å²) in [5.41, 5.74) is 0.267. The predicted octanol–water partition coefficient (Wildman–Crippen LogP) is 1.06. The van der Waals surface area contributed by atoms with E-state index in [0.717, 1.165) is 0 Å². The number of rotatable bonds is 3. The number of nitrogens with zero attached hydrogens (tertiary/aromatic N) is 4. The maximum absolute atomic E-state index is 12.6. The van der Waals surface area contributed by atoms with Crippen LogP contribution in [0.4, 0.5) is 0 Å². The second-order valence-corrected chi connectivity index (χ2v) is 5.38. The Bertz CT molecular complexity index is 711. The number of carboxylic acid groups (broad SMARTS) is 1. The van der Waals surface area contributed by atoms with Gasteiger partial charge in [-0.05, 0) is 12.8 Å². The van der Waals surface area contributed by atoms with E-state index in [2.05, 4.69) is 10.1 Å². The maximum atomic E-state index is 12.6. The molecule has 110 valence electrons. The smallest absolute Gasteiger partial charge is 0.311 e. The van der Waals surface area contributed by atoms with E-state index in [0.29, 0.717) is 30.5 Å². The molecule has 2 aromatic rings. The molecular weight excluding hydrogens is 272 g/mol. The number of likely N-dealkylation sites (tertiary alicyclic amines) is 1. The molecule has 1 fully saturated rings. The van der Waals surface area contributed by atoms with Crippen LogP contribution >= 0.6 is 0 Å². The molecule has 1 N–H and O–H groups in total. The van der Waals surface area contributed by atoms with Gasteiger partial charge in [-0.25, -0.2) is 4.52 Å². The van der Waals surface area contributed by atoms with Crippen LogP contribution in [0.5, 0.6) is 0 Å². The summed E-state index contributed by atoms with van der Waals surface area (Å²) < 4.78 is 1.58. The maximum Gasteiger partial charge on any atom is 0.311 e. The zero-order valence-corrected chi connectivity index (χ0v) is 11.7. The summed E-state index contributed by atoms with van der Waals surface area (Å²) in [6.07, 6.45) is 7.36. The van der Waals surface area contributed by atoms with Crippen LogP contribution in [0.3, 0.4) is 0 Å². The lowest BCUT2D eigenvalue weighted by Gasteiger charge is -2.22. The Morgan fingerprint density at radius 1 is 1.43 bits per heavy atom. The molecule has 3 rings (SSSR count). The Balaban J connectivity index is 1.89. The average molecular weight is 288 g/mol. The highest BCUT2D eigenvalue weighted by atomic mass is 16.4. The summed E-state index contributed by atoms with van der Waals surface area (Å²) in [5, 5.41) is 13.5. The van der Waals surface area contributed by atoms with Gasteiger partial charge in [0, 0.05) is 25.5 Å². The fourth-order valence-electron chi connectivity index (χ4n) is 2.83. The van der Waals surface area contributed by atoms with Gasteiger partial charge in [-0.2, -0.15) is 5.10 Å². The Labute approximate surface area is 121 Å². The van der Waals surface area contributed by atoms with Gasteiger partial charge in [0.2, 0.25) is 0 Å². The van der Waals surface area contributed by atoms with Gasteiger partial charge in [-0.15, -0.1) is 0 Å². The van der Waals surface area contributed by atoms with Gasteiger partial charge in [0.15, 0.2) is 0 Å². The Kier molecular flexibility index (Phi) is 3.12. The van der Waals surface area contributed by atoms with Crippen molar-refractivity contribution in [2.45, 2.75) is 19.8 Å². The molecule has 7 heteroatoms. The van der Waals surface area contributed by atoms with Gasteiger partial charge in [0.1, 0.15) is 0 Å². The van der Waals surface area contributed by atoms with E-state index < -0.39 is 11.4 Å². The van der Waals surface area contributed by atoms with Crippen molar-refractivity contribution in [1.82, 2.24) is 19.5 Å². The number of aliphatic carboxylic acids is 1. The van der Waals surface area contributed by atoms with Gasteiger partial charge < -0.3 is 10.0 Å². The SMILES string of the molecule is CCC1(C(=O)O)CCN(C(=O)c2cnn3ccncc23)C1. The monoisotopic (exact) mass is 288 g/mol. The molecule has 2 aromatic heterocycles. The third-order valence-corrected chi connectivity index (χ3v) is 4.33. The molecule has 1 amide bonds. The molecule has 21 heavy (non-hydrogen) atoms. The summed E-state index contributed by atoms with van der Waals surface area (Å²) in [5.74, 6) is -1.02.